The summed E-state index contributed by atoms with van der Waals surface area (Å²) in [5.41, 5.74) is 0. The molecule has 6 heteroatoms. The second kappa shape index (κ2) is 13.1. The molecule has 1 N–H and O–H groups in total. The molecule has 0 saturated heterocycles. The van der Waals surface area contributed by atoms with Crippen LogP contribution in [0.25, 0.3) is 0 Å². The van der Waals surface area contributed by atoms with Crippen LogP contribution in [0.4, 0.5) is 0 Å². The first-order valence-corrected chi connectivity index (χ1v) is 5.81. The Kier molecular flexibility index (Phi) is 14.5. The van der Waals surface area contributed by atoms with Gasteiger partial charge in [-0.3, -0.25) is 9.69 Å². The van der Waals surface area contributed by atoms with Gasteiger partial charge in [0.25, 0.3) is 0 Å². The number of aliphatic carboxylic acids is 2. The summed E-state index contributed by atoms with van der Waals surface area (Å²) in [4.78, 5) is 22.3. The number of hydrogen-bond acceptors (Lipinski definition) is 4. The van der Waals surface area contributed by atoms with E-state index in [-0.39, 0.29) is 42.6 Å². The summed E-state index contributed by atoms with van der Waals surface area (Å²) in [5, 5.41) is 19.0. The van der Waals surface area contributed by atoms with E-state index in [1.807, 2.05) is 13.0 Å². The minimum atomic E-state index is -1.24. The molecular formula is C12H20NNaO4. The first kappa shape index (κ1) is 20.0. The summed E-state index contributed by atoms with van der Waals surface area (Å²) in [6.45, 7) is 1.88. The summed E-state index contributed by atoms with van der Waals surface area (Å²) in [6.07, 6.45) is 7.89. The zero-order chi connectivity index (χ0) is 13.1. The van der Waals surface area contributed by atoms with Gasteiger partial charge in [0.05, 0.1) is 12.5 Å². The fraction of sp³-hybridized carbons (Fsp3) is 0.667. The predicted molar refractivity (Wildman–Crippen MR) is 62.4 cm³/mol. The van der Waals surface area contributed by atoms with Crippen molar-refractivity contribution in [1.82, 2.24) is 4.90 Å². The zero-order valence-electron chi connectivity index (χ0n) is 11.2. The predicted octanol–water partition coefficient (Wildman–Crippen LogP) is -2.74. The first-order valence-electron chi connectivity index (χ1n) is 5.81. The van der Waals surface area contributed by atoms with Crippen molar-refractivity contribution in [2.24, 2.45) is 0 Å². The van der Waals surface area contributed by atoms with Crippen LogP contribution in [0, 0.1) is 0 Å². The summed E-state index contributed by atoms with van der Waals surface area (Å²) < 4.78 is 0. The molecule has 0 bridgehead atoms. The Balaban J connectivity index is 0. The largest absolute Gasteiger partial charge is 1.00 e. The topological polar surface area (TPSA) is 80.7 Å². The molecule has 0 fully saturated rings. The van der Waals surface area contributed by atoms with Gasteiger partial charge < -0.3 is 15.0 Å². The van der Waals surface area contributed by atoms with Crippen LogP contribution in [0.15, 0.2) is 12.2 Å². The number of nitrogens with zero attached hydrogens (tertiary/aromatic N) is 1. The average Bonchev–Trinajstić information content (AvgIpc) is 2.21. The SMILES string of the molecule is C/C=C/CCCCCN(CC(=O)[O-])CC(=O)O.[Na+]. The molecule has 0 unspecified atom stereocenters. The van der Waals surface area contributed by atoms with Gasteiger partial charge in [-0.25, -0.2) is 0 Å². The van der Waals surface area contributed by atoms with Crippen molar-refractivity contribution < 1.29 is 49.4 Å². The summed E-state index contributed by atoms with van der Waals surface area (Å²) >= 11 is 0. The number of carboxylic acids is 2. The monoisotopic (exact) mass is 265 g/mol. The van der Waals surface area contributed by atoms with Crippen LogP contribution in [0.2, 0.25) is 0 Å². The Bertz CT molecular complexity index is 253. The molecule has 18 heavy (non-hydrogen) atoms. The summed E-state index contributed by atoms with van der Waals surface area (Å²) in [6, 6.07) is 0. The van der Waals surface area contributed by atoms with Crippen molar-refractivity contribution in [3.05, 3.63) is 12.2 Å². The molecule has 0 amide bonds. The van der Waals surface area contributed by atoms with Crippen LogP contribution in [0.3, 0.4) is 0 Å². The molecule has 98 valence electrons. The average molecular weight is 265 g/mol. The Morgan fingerprint density at radius 1 is 1.22 bits per heavy atom. The molecular weight excluding hydrogens is 245 g/mol. The molecule has 0 aromatic heterocycles. The number of unbranched alkanes of at least 4 members (excludes halogenated alkanes) is 3. The van der Waals surface area contributed by atoms with Gasteiger partial charge in [0, 0.05) is 6.54 Å². The van der Waals surface area contributed by atoms with Crippen LogP contribution in [0.5, 0.6) is 0 Å². The molecule has 0 heterocycles. The number of carbonyl (C=O) groups is 2. The van der Waals surface area contributed by atoms with Crippen molar-refractivity contribution in [3.8, 4) is 0 Å². The van der Waals surface area contributed by atoms with E-state index < -0.39 is 11.9 Å². The number of hydrogen-bond donors (Lipinski definition) is 1. The van der Waals surface area contributed by atoms with Crippen molar-refractivity contribution in [3.63, 3.8) is 0 Å². The van der Waals surface area contributed by atoms with Gasteiger partial charge in [-0.2, -0.15) is 0 Å². The quantitative estimate of drug-likeness (QED) is 0.263. The molecule has 0 aliphatic carbocycles. The molecule has 0 aliphatic rings. The Morgan fingerprint density at radius 3 is 2.39 bits per heavy atom. The summed E-state index contributed by atoms with van der Waals surface area (Å²) in [7, 11) is 0. The van der Waals surface area contributed by atoms with Crippen molar-refractivity contribution in [1.29, 1.82) is 0 Å². The second-order valence-electron chi connectivity index (χ2n) is 3.89. The van der Waals surface area contributed by atoms with E-state index in [2.05, 4.69) is 6.08 Å². The van der Waals surface area contributed by atoms with Gasteiger partial charge in [0.15, 0.2) is 0 Å². The maximum absolute atomic E-state index is 10.5. The standard InChI is InChI=1S/C12H21NO4.Na/c1-2-3-4-5-6-7-8-13(9-11(14)15)10-12(16)17;/h2-3H,4-10H2,1H3,(H,14,15)(H,16,17);/q;+1/p-1/b3-2+;. The van der Waals surface area contributed by atoms with E-state index in [9.17, 15) is 14.7 Å². The van der Waals surface area contributed by atoms with Gasteiger partial charge in [0.2, 0.25) is 0 Å². The van der Waals surface area contributed by atoms with E-state index in [0.717, 1.165) is 25.7 Å². The third-order valence-electron chi connectivity index (χ3n) is 2.29. The van der Waals surface area contributed by atoms with Crippen molar-refractivity contribution >= 4 is 11.9 Å². The van der Waals surface area contributed by atoms with E-state index in [1.54, 1.807) is 0 Å². The van der Waals surface area contributed by atoms with Gasteiger partial charge in [-0.15, -0.1) is 0 Å². The molecule has 0 atom stereocenters. The molecule has 0 aromatic carbocycles. The van der Waals surface area contributed by atoms with E-state index in [1.165, 1.54) is 4.90 Å². The Hall–Kier alpha value is -0.360. The third kappa shape index (κ3) is 13.7. The van der Waals surface area contributed by atoms with Crippen LogP contribution in [-0.4, -0.2) is 41.6 Å². The molecule has 0 spiro atoms. The molecule has 0 saturated carbocycles. The molecule has 5 nitrogen and oxygen atoms in total. The van der Waals surface area contributed by atoms with Gasteiger partial charge in [0.1, 0.15) is 0 Å². The van der Waals surface area contributed by atoms with Crippen LogP contribution in [-0.2, 0) is 9.59 Å². The Morgan fingerprint density at radius 2 is 1.89 bits per heavy atom. The normalized spacial score (nSPS) is 10.6. The summed E-state index contributed by atoms with van der Waals surface area (Å²) in [5.74, 6) is -2.25. The molecule has 0 aromatic rings. The minimum absolute atomic E-state index is 0. The van der Waals surface area contributed by atoms with E-state index in [0.29, 0.717) is 6.54 Å². The van der Waals surface area contributed by atoms with Gasteiger partial charge in [-0.05, 0) is 32.7 Å². The van der Waals surface area contributed by atoms with Gasteiger partial charge >= 0.3 is 35.5 Å². The van der Waals surface area contributed by atoms with E-state index >= 15 is 0 Å². The van der Waals surface area contributed by atoms with Gasteiger partial charge in [-0.1, -0.05) is 18.6 Å². The second-order valence-corrected chi connectivity index (χ2v) is 3.89. The Labute approximate surface area is 130 Å². The fourth-order valence-corrected chi connectivity index (χ4v) is 1.53. The number of carboxylic acid groups (broad SMARTS) is 2. The van der Waals surface area contributed by atoms with E-state index in [4.69, 9.17) is 5.11 Å². The molecule has 0 rings (SSSR count). The maximum atomic E-state index is 10.5. The number of carbonyl (C=O) groups excluding carboxylic acids is 1. The fourth-order valence-electron chi connectivity index (χ4n) is 1.53. The van der Waals surface area contributed by atoms with Crippen LogP contribution in [0.1, 0.15) is 32.6 Å². The first-order chi connectivity index (χ1) is 8.06. The maximum Gasteiger partial charge on any atom is 1.00 e. The minimum Gasteiger partial charge on any atom is -0.549 e. The number of allylic oxidation sites excluding steroid dienone is 2. The number of rotatable bonds is 10. The molecule has 0 radical (unpaired) electrons. The van der Waals surface area contributed by atoms with Crippen molar-refractivity contribution in [2.45, 2.75) is 32.6 Å². The van der Waals surface area contributed by atoms with Crippen LogP contribution >= 0.6 is 0 Å². The zero-order valence-corrected chi connectivity index (χ0v) is 13.2. The molecule has 0 aliphatic heterocycles. The smallest absolute Gasteiger partial charge is 0.549 e. The van der Waals surface area contributed by atoms with Crippen molar-refractivity contribution in [2.75, 3.05) is 19.6 Å². The van der Waals surface area contributed by atoms with Crippen LogP contribution < -0.4 is 34.7 Å². The third-order valence-corrected chi connectivity index (χ3v) is 2.29.